The summed E-state index contributed by atoms with van der Waals surface area (Å²) in [7, 11) is 1.65. The van der Waals surface area contributed by atoms with Gasteiger partial charge in [-0.15, -0.1) is 0 Å². The molecule has 4 heteroatoms. The van der Waals surface area contributed by atoms with Crippen LogP contribution in [-0.2, 0) is 0 Å². The molecule has 0 atom stereocenters. The number of ether oxygens (including phenoxy) is 1. The quantitative estimate of drug-likeness (QED) is 0.517. The Labute approximate surface area is 110 Å². The molecule has 0 aliphatic carbocycles. The molecule has 0 saturated heterocycles. The molecule has 18 heavy (non-hydrogen) atoms. The van der Waals surface area contributed by atoms with Crippen LogP contribution in [-0.4, -0.2) is 18.5 Å². The fraction of sp³-hybridized carbons (Fsp3) is 0.0714. The van der Waals surface area contributed by atoms with Gasteiger partial charge < -0.3 is 9.94 Å². The van der Waals surface area contributed by atoms with Crippen LogP contribution in [0.2, 0.25) is 0 Å². The SMILES string of the molecule is COc1ccc(Sc2ccccc2C=NO)cc1. The van der Waals surface area contributed by atoms with Crippen molar-refractivity contribution in [3.63, 3.8) is 0 Å². The minimum Gasteiger partial charge on any atom is -0.497 e. The summed E-state index contributed by atoms with van der Waals surface area (Å²) in [6.45, 7) is 0. The smallest absolute Gasteiger partial charge is 0.118 e. The summed E-state index contributed by atoms with van der Waals surface area (Å²) in [5.41, 5.74) is 0.890. The van der Waals surface area contributed by atoms with E-state index in [0.29, 0.717) is 0 Å². The second-order valence-corrected chi connectivity index (χ2v) is 4.68. The van der Waals surface area contributed by atoms with Crippen molar-refractivity contribution in [1.82, 2.24) is 0 Å². The van der Waals surface area contributed by atoms with E-state index in [0.717, 1.165) is 21.1 Å². The molecule has 2 rings (SSSR count). The molecular weight excluding hydrogens is 246 g/mol. The van der Waals surface area contributed by atoms with Gasteiger partial charge >= 0.3 is 0 Å². The van der Waals surface area contributed by atoms with Crippen LogP contribution in [0.25, 0.3) is 0 Å². The maximum atomic E-state index is 8.62. The van der Waals surface area contributed by atoms with Crippen molar-refractivity contribution in [2.75, 3.05) is 7.11 Å². The van der Waals surface area contributed by atoms with Gasteiger partial charge in [0.05, 0.1) is 13.3 Å². The van der Waals surface area contributed by atoms with Gasteiger partial charge in [-0.3, -0.25) is 0 Å². The van der Waals surface area contributed by atoms with Gasteiger partial charge in [0.25, 0.3) is 0 Å². The minimum atomic E-state index is 0.838. The number of oxime groups is 1. The van der Waals surface area contributed by atoms with E-state index in [1.54, 1.807) is 18.9 Å². The predicted octanol–water partition coefficient (Wildman–Crippen LogP) is 3.65. The van der Waals surface area contributed by atoms with E-state index < -0.39 is 0 Å². The summed E-state index contributed by atoms with van der Waals surface area (Å²) in [5, 5.41) is 11.7. The van der Waals surface area contributed by atoms with Gasteiger partial charge in [-0.05, 0) is 30.3 Å². The molecule has 0 radical (unpaired) electrons. The standard InChI is InChI=1S/C14H13NO2S/c1-17-12-6-8-13(9-7-12)18-14-5-3-2-4-11(14)10-15-16/h2-10,16H,1H3. The molecule has 0 spiro atoms. The molecule has 0 heterocycles. The highest BCUT2D eigenvalue weighted by Crippen LogP contribution is 2.30. The monoisotopic (exact) mass is 259 g/mol. The molecule has 0 aromatic heterocycles. The summed E-state index contributed by atoms with van der Waals surface area (Å²) < 4.78 is 5.12. The topological polar surface area (TPSA) is 41.8 Å². The Morgan fingerprint density at radius 1 is 1.11 bits per heavy atom. The molecule has 0 saturated carbocycles. The number of methoxy groups -OCH3 is 1. The third-order valence-corrected chi connectivity index (χ3v) is 3.50. The third-order valence-electron chi connectivity index (χ3n) is 2.40. The van der Waals surface area contributed by atoms with E-state index in [2.05, 4.69) is 5.16 Å². The van der Waals surface area contributed by atoms with Crippen LogP contribution in [0, 0.1) is 0 Å². The van der Waals surface area contributed by atoms with E-state index in [4.69, 9.17) is 9.94 Å². The maximum Gasteiger partial charge on any atom is 0.118 e. The molecule has 0 fully saturated rings. The summed E-state index contributed by atoms with van der Waals surface area (Å²) in [6.07, 6.45) is 1.44. The Bertz CT molecular complexity index is 538. The summed E-state index contributed by atoms with van der Waals surface area (Å²) in [6, 6.07) is 15.6. The first-order valence-corrected chi connectivity index (χ1v) is 6.23. The van der Waals surface area contributed by atoms with E-state index in [1.165, 1.54) is 6.21 Å². The number of hydrogen-bond donors (Lipinski definition) is 1. The zero-order chi connectivity index (χ0) is 12.8. The Morgan fingerprint density at radius 3 is 2.50 bits per heavy atom. The van der Waals surface area contributed by atoms with Gasteiger partial charge in [0, 0.05) is 15.4 Å². The van der Waals surface area contributed by atoms with Crippen molar-refractivity contribution >= 4 is 18.0 Å². The van der Waals surface area contributed by atoms with Crippen LogP contribution in [0.1, 0.15) is 5.56 Å². The number of hydrogen-bond acceptors (Lipinski definition) is 4. The molecule has 0 aliphatic heterocycles. The molecule has 0 bridgehead atoms. The Kier molecular flexibility index (Phi) is 4.25. The van der Waals surface area contributed by atoms with Crippen LogP contribution in [0.3, 0.4) is 0 Å². The van der Waals surface area contributed by atoms with E-state index in [1.807, 2.05) is 48.5 Å². The minimum absolute atomic E-state index is 0.838. The van der Waals surface area contributed by atoms with Crippen molar-refractivity contribution in [1.29, 1.82) is 0 Å². The zero-order valence-corrected chi connectivity index (χ0v) is 10.7. The molecule has 0 unspecified atom stereocenters. The molecule has 2 aromatic rings. The second kappa shape index (κ2) is 6.12. The number of benzene rings is 2. The van der Waals surface area contributed by atoms with Gasteiger partial charge in [0.1, 0.15) is 5.75 Å². The predicted molar refractivity (Wildman–Crippen MR) is 72.9 cm³/mol. The second-order valence-electron chi connectivity index (χ2n) is 3.56. The van der Waals surface area contributed by atoms with E-state index in [9.17, 15) is 0 Å². The van der Waals surface area contributed by atoms with Crippen LogP contribution in [0.15, 0.2) is 63.5 Å². The van der Waals surface area contributed by atoms with Crippen LogP contribution in [0.4, 0.5) is 0 Å². The third kappa shape index (κ3) is 3.05. The Balaban J connectivity index is 2.22. The fourth-order valence-electron chi connectivity index (χ4n) is 1.51. The number of rotatable bonds is 4. The highest BCUT2D eigenvalue weighted by molar-refractivity contribution is 7.99. The molecule has 0 amide bonds. The first-order chi connectivity index (χ1) is 8.83. The van der Waals surface area contributed by atoms with Crippen molar-refractivity contribution in [2.24, 2.45) is 5.16 Å². The lowest BCUT2D eigenvalue weighted by Gasteiger charge is -2.05. The van der Waals surface area contributed by atoms with E-state index >= 15 is 0 Å². The molecule has 3 nitrogen and oxygen atoms in total. The Hall–Kier alpha value is -1.94. The maximum absolute atomic E-state index is 8.62. The van der Waals surface area contributed by atoms with Crippen LogP contribution >= 0.6 is 11.8 Å². The molecule has 0 aliphatic rings. The van der Waals surface area contributed by atoms with Gasteiger partial charge in [-0.2, -0.15) is 0 Å². The van der Waals surface area contributed by atoms with Crippen LogP contribution < -0.4 is 4.74 Å². The lowest BCUT2D eigenvalue weighted by molar-refractivity contribution is 0.322. The average Bonchev–Trinajstić information content (AvgIpc) is 2.42. The first kappa shape index (κ1) is 12.5. The van der Waals surface area contributed by atoms with Crippen LogP contribution in [0.5, 0.6) is 5.75 Å². The molecule has 1 N–H and O–H groups in total. The van der Waals surface area contributed by atoms with E-state index in [-0.39, 0.29) is 0 Å². The average molecular weight is 259 g/mol. The van der Waals surface area contributed by atoms with Crippen molar-refractivity contribution in [3.05, 3.63) is 54.1 Å². The van der Waals surface area contributed by atoms with Gasteiger partial charge in [-0.1, -0.05) is 35.1 Å². The molecule has 92 valence electrons. The summed E-state index contributed by atoms with van der Waals surface area (Å²) in [4.78, 5) is 2.15. The summed E-state index contributed by atoms with van der Waals surface area (Å²) in [5.74, 6) is 0.838. The highest BCUT2D eigenvalue weighted by Gasteiger charge is 2.02. The van der Waals surface area contributed by atoms with Gasteiger partial charge in [0.15, 0.2) is 0 Å². The largest absolute Gasteiger partial charge is 0.497 e. The van der Waals surface area contributed by atoms with Crippen molar-refractivity contribution in [2.45, 2.75) is 9.79 Å². The lowest BCUT2D eigenvalue weighted by atomic mass is 10.2. The van der Waals surface area contributed by atoms with Gasteiger partial charge in [0.2, 0.25) is 0 Å². The highest BCUT2D eigenvalue weighted by atomic mass is 32.2. The molecular formula is C14H13NO2S. The number of nitrogens with zero attached hydrogens (tertiary/aromatic N) is 1. The van der Waals surface area contributed by atoms with Gasteiger partial charge in [-0.25, -0.2) is 0 Å². The summed E-state index contributed by atoms with van der Waals surface area (Å²) >= 11 is 1.62. The Morgan fingerprint density at radius 2 is 1.83 bits per heavy atom. The molecule has 2 aromatic carbocycles. The zero-order valence-electron chi connectivity index (χ0n) is 9.91. The first-order valence-electron chi connectivity index (χ1n) is 5.42. The lowest BCUT2D eigenvalue weighted by Crippen LogP contribution is -1.86. The van der Waals surface area contributed by atoms with Crippen molar-refractivity contribution < 1.29 is 9.94 Å². The normalized spacial score (nSPS) is 10.7. The van der Waals surface area contributed by atoms with Crippen molar-refractivity contribution in [3.8, 4) is 5.75 Å². The fourth-order valence-corrected chi connectivity index (χ4v) is 2.42.